The predicted molar refractivity (Wildman–Crippen MR) is 93.3 cm³/mol. The summed E-state index contributed by atoms with van der Waals surface area (Å²) in [5.74, 6) is 2.26. The number of aromatic nitrogens is 3. The van der Waals surface area contributed by atoms with Crippen LogP contribution in [-0.2, 0) is 7.05 Å². The van der Waals surface area contributed by atoms with Gasteiger partial charge in [-0.3, -0.25) is 10.1 Å². The van der Waals surface area contributed by atoms with Crippen LogP contribution in [0, 0.1) is 0 Å². The quantitative estimate of drug-likeness (QED) is 0.854. The molecule has 2 heterocycles. The lowest BCUT2D eigenvalue weighted by Gasteiger charge is -2.19. The van der Waals surface area contributed by atoms with Crippen molar-refractivity contribution in [3.63, 3.8) is 0 Å². The second-order valence-corrected chi connectivity index (χ2v) is 5.96. The number of rotatable bonds is 5. The zero-order valence-corrected chi connectivity index (χ0v) is 14.7. The molecule has 1 aromatic carbocycles. The van der Waals surface area contributed by atoms with Gasteiger partial charge in [-0.25, -0.2) is 4.68 Å². The van der Waals surface area contributed by atoms with Gasteiger partial charge in [-0.05, 0) is 44.1 Å². The molecule has 1 saturated heterocycles. The molecule has 134 valence electrons. The lowest BCUT2D eigenvalue weighted by molar-refractivity contribution is 0.102. The maximum atomic E-state index is 12.7. The van der Waals surface area contributed by atoms with Crippen molar-refractivity contribution in [1.29, 1.82) is 0 Å². The summed E-state index contributed by atoms with van der Waals surface area (Å²) >= 11 is 0. The smallest absolute Gasteiger partial charge is 0.261 e. The van der Waals surface area contributed by atoms with E-state index in [1.54, 1.807) is 37.0 Å². The number of amides is 1. The van der Waals surface area contributed by atoms with Crippen molar-refractivity contribution in [2.45, 2.75) is 18.8 Å². The Bertz CT molecular complexity index is 753. The minimum Gasteiger partial charge on any atom is -0.497 e. The van der Waals surface area contributed by atoms with Crippen LogP contribution in [0.15, 0.2) is 18.2 Å². The van der Waals surface area contributed by atoms with Gasteiger partial charge in [0.15, 0.2) is 5.82 Å². The van der Waals surface area contributed by atoms with Crippen LogP contribution in [0.5, 0.6) is 11.5 Å². The van der Waals surface area contributed by atoms with Crippen LogP contribution >= 0.6 is 0 Å². The molecule has 25 heavy (non-hydrogen) atoms. The zero-order chi connectivity index (χ0) is 17.8. The molecule has 0 spiro atoms. The van der Waals surface area contributed by atoms with Crippen LogP contribution in [-0.4, -0.2) is 48.0 Å². The summed E-state index contributed by atoms with van der Waals surface area (Å²) in [7, 11) is 4.85. The van der Waals surface area contributed by atoms with Crippen molar-refractivity contribution in [1.82, 2.24) is 20.1 Å². The Morgan fingerprint density at radius 2 is 2.04 bits per heavy atom. The SMILES string of the molecule is COc1ccc(OC)c(C(=O)Nc2nc(C3CCNCC3)nn2C)c1. The Labute approximate surface area is 146 Å². The number of aryl methyl sites for hydroxylation is 1. The second kappa shape index (κ2) is 7.52. The first kappa shape index (κ1) is 17.2. The monoisotopic (exact) mass is 345 g/mol. The van der Waals surface area contributed by atoms with Gasteiger partial charge in [0.2, 0.25) is 5.95 Å². The number of anilines is 1. The molecule has 0 aliphatic carbocycles. The first-order valence-electron chi connectivity index (χ1n) is 8.27. The molecule has 8 nitrogen and oxygen atoms in total. The van der Waals surface area contributed by atoms with Crippen LogP contribution in [0.1, 0.15) is 34.9 Å². The molecule has 0 radical (unpaired) electrons. The fourth-order valence-corrected chi connectivity index (χ4v) is 2.93. The summed E-state index contributed by atoms with van der Waals surface area (Å²) in [5.41, 5.74) is 0.383. The van der Waals surface area contributed by atoms with Gasteiger partial charge in [-0.15, -0.1) is 0 Å². The fourth-order valence-electron chi connectivity index (χ4n) is 2.93. The molecule has 0 atom stereocenters. The summed E-state index contributed by atoms with van der Waals surface area (Å²) in [6.07, 6.45) is 2.00. The third-order valence-electron chi connectivity index (χ3n) is 4.36. The van der Waals surface area contributed by atoms with Crippen molar-refractivity contribution in [2.24, 2.45) is 7.05 Å². The molecule has 1 aliphatic heterocycles. The van der Waals surface area contributed by atoms with Gasteiger partial charge in [0, 0.05) is 13.0 Å². The summed E-state index contributed by atoms with van der Waals surface area (Å²) in [6, 6.07) is 5.08. The van der Waals surface area contributed by atoms with E-state index in [1.807, 2.05) is 0 Å². The minimum atomic E-state index is -0.317. The molecule has 2 N–H and O–H groups in total. The Kier molecular flexibility index (Phi) is 5.18. The standard InChI is InChI=1S/C17H23N5O3/c1-22-17(19-15(21-22)11-6-8-18-9-7-11)20-16(23)13-10-12(24-2)4-5-14(13)25-3/h4-5,10-11,18H,6-9H2,1-3H3,(H,19,20,21,23). The van der Waals surface area contributed by atoms with Crippen LogP contribution in [0.2, 0.25) is 0 Å². The van der Waals surface area contributed by atoms with Crippen LogP contribution in [0.4, 0.5) is 5.95 Å². The summed E-state index contributed by atoms with van der Waals surface area (Å²) in [6.45, 7) is 1.93. The van der Waals surface area contributed by atoms with E-state index in [4.69, 9.17) is 9.47 Å². The average Bonchev–Trinajstić information content (AvgIpc) is 3.02. The number of hydrogen-bond acceptors (Lipinski definition) is 6. The molecule has 2 aromatic rings. The van der Waals surface area contributed by atoms with Crippen LogP contribution < -0.4 is 20.1 Å². The number of hydrogen-bond donors (Lipinski definition) is 2. The Morgan fingerprint density at radius 3 is 2.72 bits per heavy atom. The predicted octanol–water partition coefficient (Wildman–Crippen LogP) is 1.55. The minimum absolute atomic E-state index is 0.317. The van der Waals surface area contributed by atoms with Crippen molar-refractivity contribution in [3.05, 3.63) is 29.6 Å². The maximum Gasteiger partial charge on any atom is 0.261 e. The third-order valence-corrected chi connectivity index (χ3v) is 4.36. The van der Waals surface area contributed by atoms with Crippen LogP contribution in [0.3, 0.4) is 0 Å². The van der Waals surface area contributed by atoms with Crippen molar-refractivity contribution in [2.75, 3.05) is 32.6 Å². The molecule has 1 fully saturated rings. The fraction of sp³-hybridized carbons (Fsp3) is 0.471. The van der Waals surface area contributed by atoms with Crippen LogP contribution in [0.25, 0.3) is 0 Å². The third kappa shape index (κ3) is 3.74. The van der Waals surface area contributed by atoms with Gasteiger partial charge in [-0.1, -0.05) is 0 Å². The van der Waals surface area contributed by atoms with E-state index in [1.165, 1.54) is 7.11 Å². The molecule has 8 heteroatoms. The zero-order valence-electron chi connectivity index (χ0n) is 14.7. The first-order chi connectivity index (χ1) is 12.1. The number of piperidine rings is 1. The first-order valence-corrected chi connectivity index (χ1v) is 8.27. The molecule has 0 bridgehead atoms. The van der Waals surface area contributed by atoms with Gasteiger partial charge >= 0.3 is 0 Å². The highest BCUT2D eigenvalue weighted by Crippen LogP contribution is 2.26. The number of methoxy groups -OCH3 is 2. The second-order valence-electron chi connectivity index (χ2n) is 5.96. The lowest BCUT2D eigenvalue weighted by Crippen LogP contribution is -2.27. The van der Waals surface area contributed by atoms with Crippen molar-refractivity contribution in [3.8, 4) is 11.5 Å². The number of carbonyl (C=O) groups excluding carboxylic acids is 1. The summed E-state index contributed by atoms with van der Waals surface area (Å²) in [4.78, 5) is 17.2. The van der Waals surface area contributed by atoms with Gasteiger partial charge < -0.3 is 14.8 Å². The van der Waals surface area contributed by atoms with E-state index < -0.39 is 0 Å². The van der Waals surface area contributed by atoms with Gasteiger partial charge in [0.1, 0.15) is 11.5 Å². The Balaban J connectivity index is 1.80. The summed E-state index contributed by atoms with van der Waals surface area (Å²) in [5, 5.41) is 10.6. The van der Waals surface area contributed by atoms with Gasteiger partial charge in [-0.2, -0.15) is 10.1 Å². The van der Waals surface area contributed by atoms with E-state index in [0.717, 1.165) is 31.8 Å². The lowest BCUT2D eigenvalue weighted by atomic mass is 9.98. The Hall–Kier alpha value is -2.61. The highest BCUT2D eigenvalue weighted by molar-refractivity contribution is 6.05. The normalized spacial score (nSPS) is 15.0. The van der Waals surface area contributed by atoms with E-state index in [9.17, 15) is 4.79 Å². The maximum absolute atomic E-state index is 12.7. The van der Waals surface area contributed by atoms with E-state index in [-0.39, 0.29) is 5.91 Å². The topological polar surface area (TPSA) is 90.3 Å². The molecule has 0 unspecified atom stereocenters. The number of benzene rings is 1. The average molecular weight is 345 g/mol. The van der Waals surface area contributed by atoms with E-state index in [0.29, 0.717) is 28.9 Å². The Morgan fingerprint density at radius 1 is 1.28 bits per heavy atom. The molecular formula is C17H23N5O3. The summed E-state index contributed by atoms with van der Waals surface area (Å²) < 4.78 is 12.1. The highest BCUT2D eigenvalue weighted by atomic mass is 16.5. The van der Waals surface area contributed by atoms with Gasteiger partial charge in [0.25, 0.3) is 5.91 Å². The number of nitrogens with one attached hydrogen (secondary N) is 2. The molecule has 0 saturated carbocycles. The van der Waals surface area contributed by atoms with E-state index in [2.05, 4.69) is 20.7 Å². The molecule has 3 rings (SSSR count). The van der Waals surface area contributed by atoms with Gasteiger partial charge in [0.05, 0.1) is 19.8 Å². The van der Waals surface area contributed by atoms with Crippen molar-refractivity contribution >= 4 is 11.9 Å². The molecule has 1 aromatic heterocycles. The van der Waals surface area contributed by atoms with Crippen molar-refractivity contribution < 1.29 is 14.3 Å². The molecular weight excluding hydrogens is 322 g/mol. The highest BCUT2D eigenvalue weighted by Gasteiger charge is 2.22. The number of nitrogens with zero attached hydrogens (tertiary/aromatic N) is 3. The number of carbonyl (C=O) groups is 1. The largest absolute Gasteiger partial charge is 0.497 e. The number of ether oxygens (including phenoxy) is 2. The van der Waals surface area contributed by atoms with E-state index >= 15 is 0 Å². The molecule has 1 amide bonds. The molecule has 1 aliphatic rings.